The summed E-state index contributed by atoms with van der Waals surface area (Å²) in [6, 6.07) is 18.7. The molecule has 2 unspecified atom stereocenters. The van der Waals surface area contributed by atoms with Crippen LogP contribution in [0, 0.1) is 0 Å². The lowest BCUT2D eigenvalue weighted by Gasteiger charge is -2.29. The SMILES string of the molecule is CC(C)(C)c1cccc(C(=O)C(=O)CCc2ccc3c(c2)CN(C2CCC(=O)NC2=O)C3=O)c1.CN1CCC(c2ccc(C(=O)C(=O)CCc3scc4c3CN(C3CCC(=O)NC3=O)C4=O)cc2)CC1. The van der Waals surface area contributed by atoms with Crippen molar-refractivity contribution in [1.82, 2.24) is 25.3 Å². The van der Waals surface area contributed by atoms with Crippen LogP contribution in [0.4, 0.5) is 0 Å². The van der Waals surface area contributed by atoms with Crippen LogP contribution < -0.4 is 10.6 Å². The number of benzene rings is 3. The number of hydrogen-bond acceptors (Lipinski definition) is 12. The number of imide groups is 2. The summed E-state index contributed by atoms with van der Waals surface area (Å²) in [6.45, 7) is 8.84. The highest BCUT2D eigenvalue weighted by Gasteiger charge is 2.41. The molecular formula is C54H57N5O10S. The summed E-state index contributed by atoms with van der Waals surface area (Å²) in [5.74, 6) is -3.39. The van der Waals surface area contributed by atoms with Crippen molar-refractivity contribution in [3.63, 3.8) is 0 Å². The Bertz CT molecular complexity index is 2820. The first-order valence-electron chi connectivity index (χ1n) is 23.9. The molecule has 15 nitrogen and oxygen atoms in total. The minimum absolute atomic E-state index is 0.0646. The first-order valence-corrected chi connectivity index (χ1v) is 24.8. The van der Waals surface area contributed by atoms with E-state index in [0.717, 1.165) is 53.1 Å². The van der Waals surface area contributed by atoms with Gasteiger partial charge in [0.05, 0.1) is 5.56 Å². The Hall–Kier alpha value is -6.78. The Balaban J connectivity index is 0.000000189. The monoisotopic (exact) mass is 967 g/mol. The number of thiophene rings is 1. The molecule has 0 bridgehead atoms. The molecular weight excluding hydrogens is 911 g/mol. The molecule has 4 aromatic rings. The van der Waals surface area contributed by atoms with Crippen molar-refractivity contribution in [1.29, 1.82) is 0 Å². The number of carbonyl (C=O) groups is 10. The lowest BCUT2D eigenvalue weighted by Crippen LogP contribution is -2.52. The van der Waals surface area contributed by atoms with Crippen LogP contribution in [0.2, 0.25) is 0 Å². The predicted molar refractivity (Wildman–Crippen MR) is 259 cm³/mol. The summed E-state index contributed by atoms with van der Waals surface area (Å²) in [6.07, 6.45) is 4.10. The van der Waals surface area contributed by atoms with Crippen molar-refractivity contribution in [3.8, 4) is 0 Å². The van der Waals surface area contributed by atoms with Crippen LogP contribution in [0.3, 0.4) is 0 Å². The van der Waals surface area contributed by atoms with Crippen LogP contribution in [0.1, 0.15) is 152 Å². The number of amides is 6. The van der Waals surface area contributed by atoms with Crippen molar-refractivity contribution in [2.24, 2.45) is 0 Å². The van der Waals surface area contributed by atoms with E-state index in [1.165, 1.54) is 26.7 Å². The number of nitrogens with one attached hydrogen (secondary N) is 2. The maximum Gasteiger partial charge on any atom is 0.256 e. The second-order valence-electron chi connectivity index (χ2n) is 19.9. The Kier molecular flexibility index (Phi) is 14.7. The van der Waals surface area contributed by atoms with Crippen molar-refractivity contribution in [2.75, 3.05) is 20.1 Å². The van der Waals surface area contributed by atoms with Crippen LogP contribution in [-0.2, 0) is 60.1 Å². The fraction of sp³-hybridized carbons (Fsp3) is 0.407. The zero-order valence-corrected chi connectivity index (χ0v) is 40.7. The van der Waals surface area contributed by atoms with Gasteiger partial charge in [0.25, 0.3) is 11.8 Å². The average Bonchev–Trinajstić information content (AvgIpc) is 4.01. The molecule has 3 saturated heterocycles. The van der Waals surface area contributed by atoms with Crippen molar-refractivity contribution in [3.05, 3.63) is 127 Å². The standard InChI is InChI=1S/C27H29N3O5S.C27H28N2O5/c1-29-12-10-17(11-13-29)16-2-4-18(5-3-16)25(33)22(31)7-8-23-19-14-30(27(35)20(19)15-36-23)21-6-9-24(32)28-26(21)34;1-27(2,3)19-6-4-5-17(14-19)24(32)22(30)11-8-16-7-9-20-18(13-16)15-29(26(20)34)21-10-12-23(31)28-25(21)33/h2-5,15,17,21H,6-14H2,1H3,(H,28,32,34);4-7,9,13-14,21H,8,10-12,15H2,1-3H3,(H,28,31,33). The summed E-state index contributed by atoms with van der Waals surface area (Å²) in [5, 5.41) is 6.35. The molecule has 2 N–H and O–H groups in total. The van der Waals surface area contributed by atoms with Gasteiger partial charge in [0.2, 0.25) is 46.8 Å². The van der Waals surface area contributed by atoms with Gasteiger partial charge in [0.15, 0.2) is 0 Å². The van der Waals surface area contributed by atoms with Gasteiger partial charge >= 0.3 is 0 Å². The largest absolute Gasteiger partial charge is 0.322 e. The number of hydrogen-bond donors (Lipinski definition) is 2. The highest BCUT2D eigenvalue weighted by atomic mass is 32.1. The molecule has 6 heterocycles. The second-order valence-corrected chi connectivity index (χ2v) is 20.8. The van der Waals surface area contributed by atoms with Gasteiger partial charge in [-0.2, -0.15) is 0 Å². The zero-order valence-electron chi connectivity index (χ0n) is 39.9. The molecule has 0 aliphatic carbocycles. The normalized spacial score (nSPS) is 19.5. The van der Waals surface area contributed by atoms with Crippen LogP contribution >= 0.6 is 11.3 Å². The van der Waals surface area contributed by atoms with Crippen LogP contribution in [0.15, 0.2) is 72.1 Å². The molecule has 70 heavy (non-hydrogen) atoms. The van der Waals surface area contributed by atoms with E-state index in [1.807, 2.05) is 24.3 Å². The summed E-state index contributed by atoms with van der Waals surface area (Å²) in [5.41, 5.74) is 6.41. The van der Waals surface area contributed by atoms with Gasteiger partial charge in [-0.1, -0.05) is 75.4 Å². The van der Waals surface area contributed by atoms with Gasteiger partial charge < -0.3 is 14.7 Å². The minimum atomic E-state index is -0.666. The van der Waals surface area contributed by atoms with E-state index in [-0.39, 0.29) is 67.8 Å². The number of fused-ring (bicyclic) bond motifs is 2. The maximum absolute atomic E-state index is 12.9. The molecule has 0 radical (unpaired) electrons. The Morgan fingerprint density at radius 3 is 1.86 bits per heavy atom. The summed E-state index contributed by atoms with van der Waals surface area (Å²) >= 11 is 1.40. The van der Waals surface area contributed by atoms with E-state index < -0.39 is 47.0 Å². The average molecular weight is 968 g/mol. The van der Waals surface area contributed by atoms with E-state index in [9.17, 15) is 47.9 Å². The van der Waals surface area contributed by atoms with Crippen molar-refractivity contribution < 1.29 is 47.9 Å². The third-order valence-corrected chi connectivity index (χ3v) is 15.1. The highest BCUT2D eigenvalue weighted by molar-refractivity contribution is 7.10. The van der Waals surface area contributed by atoms with E-state index in [1.54, 1.807) is 47.8 Å². The van der Waals surface area contributed by atoms with E-state index in [0.29, 0.717) is 53.9 Å². The van der Waals surface area contributed by atoms with Gasteiger partial charge in [0.1, 0.15) is 12.1 Å². The number of ketones is 4. The minimum Gasteiger partial charge on any atom is -0.322 e. The number of aryl methyl sites for hydroxylation is 2. The molecule has 3 aromatic carbocycles. The fourth-order valence-electron chi connectivity index (χ4n) is 9.81. The van der Waals surface area contributed by atoms with Gasteiger partial charge in [-0.15, -0.1) is 11.3 Å². The molecule has 6 amide bonds. The van der Waals surface area contributed by atoms with Crippen LogP contribution in [-0.4, -0.2) is 105 Å². The first-order chi connectivity index (χ1) is 33.4. The molecule has 0 saturated carbocycles. The lowest BCUT2D eigenvalue weighted by atomic mass is 9.85. The Labute approximate surface area is 410 Å². The van der Waals surface area contributed by atoms with Gasteiger partial charge in [-0.05, 0) is 110 Å². The molecule has 5 aliphatic rings. The number of rotatable bonds is 13. The summed E-state index contributed by atoms with van der Waals surface area (Å²) < 4.78 is 0. The predicted octanol–water partition coefficient (Wildman–Crippen LogP) is 5.83. The second kappa shape index (κ2) is 20.7. The molecule has 364 valence electrons. The Morgan fingerprint density at radius 1 is 0.657 bits per heavy atom. The molecule has 0 spiro atoms. The van der Waals surface area contributed by atoms with E-state index >= 15 is 0 Å². The Morgan fingerprint density at radius 2 is 1.24 bits per heavy atom. The molecule has 1 aromatic heterocycles. The van der Waals surface area contributed by atoms with Gasteiger partial charge in [-0.3, -0.25) is 58.6 Å². The van der Waals surface area contributed by atoms with Gasteiger partial charge in [0, 0.05) is 65.7 Å². The number of nitrogens with zero attached hydrogens (tertiary/aromatic N) is 3. The van der Waals surface area contributed by atoms with Crippen LogP contribution in [0.25, 0.3) is 0 Å². The van der Waals surface area contributed by atoms with Crippen molar-refractivity contribution >= 4 is 69.9 Å². The topological polar surface area (TPSA) is 204 Å². The molecule has 3 fully saturated rings. The first kappa shape index (κ1) is 49.6. The van der Waals surface area contributed by atoms with E-state index in [4.69, 9.17) is 0 Å². The van der Waals surface area contributed by atoms with E-state index in [2.05, 4.69) is 43.4 Å². The number of likely N-dealkylation sites (tertiary alicyclic amines) is 1. The van der Waals surface area contributed by atoms with Crippen LogP contribution in [0.5, 0.6) is 0 Å². The highest BCUT2D eigenvalue weighted by Crippen LogP contribution is 2.35. The molecule has 2 atom stereocenters. The molecule has 16 heteroatoms. The van der Waals surface area contributed by atoms with Crippen molar-refractivity contribution in [2.45, 2.75) is 121 Å². The number of piperidine rings is 3. The third-order valence-electron chi connectivity index (χ3n) is 14.1. The maximum atomic E-state index is 12.9. The quantitative estimate of drug-likeness (QED) is 0.0927. The molecule has 9 rings (SSSR count). The smallest absolute Gasteiger partial charge is 0.256 e. The summed E-state index contributed by atoms with van der Waals surface area (Å²) in [7, 11) is 2.13. The number of carbonyl (C=O) groups excluding carboxylic acids is 10. The van der Waals surface area contributed by atoms with Gasteiger partial charge in [-0.25, -0.2) is 0 Å². The lowest BCUT2D eigenvalue weighted by molar-refractivity contribution is -0.138. The third kappa shape index (κ3) is 10.8. The summed E-state index contributed by atoms with van der Waals surface area (Å²) in [4.78, 5) is 130. The fourth-order valence-corrected chi connectivity index (χ4v) is 10.8. The molecule has 5 aliphatic heterocycles. The zero-order chi connectivity index (χ0) is 50.0. The number of Topliss-reactive ketones (excluding diaryl/α,β-unsaturated/α-hetero) is 4.